The van der Waals surface area contributed by atoms with Gasteiger partial charge in [-0.1, -0.05) is 0 Å². The summed E-state index contributed by atoms with van der Waals surface area (Å²) in [6.07, 6.45) is 4.88. The molecule has 0 N–H and O–H groups in total. The molecule has 1 rings (SSSR count). The maximum Gasteiger partial charge on any atom is 0.115 e. The Balaban J connectivity index is 0.000000360. The van der Waals surface area contributed by atoms with E-state index in [0.29, 0.717) is 0 Å². The Morgan fingerprint density at radius 2 is 1.57 bits per heavy atom. The van der Waals surface area contributed by atoms with E-state index in [2.05, 4.69) is 9.97 Å². The number of hydrogen-bond acceptors (Lipinski definition) is 2. The molecular weight excluding hydrogens is 314 g/mol. The van der Waals surface area contributed by atoms with Crippen molar-refractivity contribution < 1.29 is 31.1 Å². The van der Waals surface area contributed by atoms with Crippen LogP contribution in [0.2, 0.25) is 0 Å². The van der Waals surface area contributed by atoms with E-state index < -0.39 is 0 Å². The molecule has 34 valence electrons. The van der Waals surface area contributed by atoms with Gasteiger partial charge in [0, 0.05) is 43.5 Å². The predicted octanol–water partition coefficient (Wildman–Crippen LogP) is 0.477. The Kier molecular flexibility index (Phi) is 4.38. The molecule has 0 aliphatic rings. The summed E-state index contributed by atoms with van der Waals surface area (Å²) >= 11 is 0. The first-order chi connectivity index (χ1) is 3.00. The quantitative estimate of drug-likeness (QED) is 0.695. The van der Waals surface area contributed by atoms with Crippen molar-refractivity contribution in [2.45, 2.75) is 0 Å². The molecule has 0 saturated carbocycles. The van der Waals surface area contributed by atoms with Gasteiger partial charge in [-0.25, -0.2) is 9.97 Å². The van der Waals surface area contributed by atoms with Crippen molar-refractivity contribution in [1.29, 1.82) is 0 Å². The Labute approximate surface area is 65.8 Å². The van der Waals surface area contributed by atoms with Crippen molar-refractivity contribution >= 4 is 0 Å². The molecule has 0 atom stereocenters. The van der Waals surface area contributed by atoms with E-state index in [4.69, 9.17) is 0 Å². The van der Waals surface area contributed by atoms with Crippen molar-refractivity contribution in [3.05, 3.63) is 24.8 Å². The van der Waals surface area contributed by atoms with Gasteiger partial charge in [0.25, 0.3) is 0 Å². The third-order valence-electron chi connectivity index (χ3n) is 0.478. The molecule has 0 aliphatic heterocycles. The normalized spacial score (nSPS) is 6.86. The van der Waals surface area contributed by atoms with Gasteiger partial charge < -0.3 is 0 Å². The van der Waals surface area contributed by atoms with Gasteiger partial charge in [0.05, 0.1) is 0 Å². The topological polar surface area (TPSA) is 25.8 Å². The third kappa shape index (κ3) is 2.78. The first-order valence-electron chi connectivity index (χ1n) is 1.70. The number of aromatic nitrogens is 2. The van der Waals surface area contributed by atoms with Gasteiger partial charge in [0.1, 0.15) is 6.33 Å². The Morgan fingerprint density at radius 3 is 1.71 bits per heavy atom. The Hall–Kier alpha value is 0.132. The van der Waals surface area contributed by atoms with E-state index in [1.807, 2.05) is 0 Å². The van der Waals surface area contributed by atoms with Crippen molar-refractivity contribution in [2.75, 3.05) is 0 Å². The molecular formula is C4H4N2U. The Morgan fingerprint density at radius 1 is 1.00 bits per heavy atom. The van der Waals surface area contributed by atoms with Gasteiger partial charge in [-0.15, -0.1) is 0 Å². The largest absolute Gasteiger partial charge is 0.245 e. The van der Waals surface area contributed by atoms with Gasteiger partial charge in [-0.2, -0.15) is 0 Å². The molecule has 0 aromatic carbocycles. The van der Waals surface area contributed by atoms with Crippen LogP contribution in [0.3, 0.4) is 0 Å². The van der Waals surface area contributed by atoms with E-state index in [1.54, 1.807) is 18.5 Å². The van der Waals surface area contributed by atoms with Gasteiger partial charge in [0.2, 0.25) is 0 Å². The van der Waals surface area contributed by atoms with E-state index in [9.17, 15) is 0 Å². The summed E-state index contributed by atoms with van der Waals surface area (Å²) in [6.45, 7) is 0. The van der Waals surface area contributed by atoms with Crippen LogP contribution < -0.4 is 0 Å². The molecule has 0 fully saturated rings. The molecule has 1 aromatic heterocycles. The summed E-state index contributed by atoms with van der Waals surface area (Å²) in [6, 6.07) is 1.78. The van der Waals surface area contributed by atoms with Crippen molar-refractivity contribution in [1.82, 2.24) is 9.97 Å². The number of hydrogen-bond donors (Lipinski definition) is 0. The molecule has 0 bridgehead atoms. The summed E-state index contributed by atoms with van der Waals surface area (Å²) in [5, 5.41) is 0. The second-order valence-electron chi connectivity index (χ2n) is 0.904. The maximum atomic E-state index is 3.67. The summed E-state index contributed by atoms with van der Waals surface area (Å²) < 4.78 is 0. The van der Waals surface area contributed by atoms with Crippen LogP contribution in [0, 0.1) is 31.1 Å². The Bertz CT molecular complexity index is 81.6. The van der Waals surface area contributed by atoms with Gasteiger partial charge in [0.15, 0.2) is 0 Å². The number of rotatable bonds is 0. The molecule has 0 saturated heterocycles. The average Bonchev–Trinajstić information content (AvgIpc) is 1.72. The minimum absolute atomic E-state index is 0. The third-order valence-corrected chi connectivity index (χ3v) is 0.478. The predicted molar refractivity (Wildman–Crippen MR) is 22.0 cm³/mol. The van der Waals surface area contributed by atoms with E-state index >= 15 is 0 Å². The van der Waals surface area contributed by atoms with Crippen LogP contribution in [0.15, 0.2) is 24.8 Å². The van der Waals surface area contributed by atoms with Crippen LogP contribution in [0.5, 0.6) is 0 Å². The second-order valence-corrected chi connectivity index (χ2v) is 0.904. The molecule has 7 heavy (non-hydrogen) atoms. The van der Waals surface area contributed by atoms with Crippen molar-refractivity contribution in [2.24, 2.45) is 0 Å². The van der Waals surface area contributed by atoms with Crippen LogP contribution in [-0.2, 0) is 0 Å². The molecule has 0 radical (unpaired) electrons. The summed E-state index contributed by atoms with van der Waals surface area (Å²) in [5.41, 5.74) is 0. The zero-order valence-corrected chi connectivity index (χ0v) is 7.87. The van der Waals surface area contributed by atoms with Crippen LogP contribution in [0.4, 0.5) is 0 Å². The fraction of sp³-hybridized carbons (Fsp3) is 0. The maximum absolute atomic E-state index is 3.67. The fourth-order valence-corrected chi connectivity index (χ4v) is 0.253. The average molecular weight is 318 g/mol. The molecule has 1 heterocycles. The minimum atomic E-state index is 0. The van der Waals surface area contributed by atoms with Crippen molar-refractivity contribution in [3.8, 4) is 0 Å². The van der Waals surface area contributed by atoms with Gasteiger partial charge in [-0.05, 0) is 6.07 Å². The SMILES string of the molecule is [U].c1cncnc1. The monoisotopic (exact) mass is 318 g/mol. The van der Waals surface area contributed by atoms with Crippen LogP contribution >= 0.6 is 0 Å². The van der Waals surface area contributed by atoms with Gasteiger partial charge in [-0.3, -0.25) is 0 Å². The summed E-state index contributed by atoms with van der Waals surface area (Å²) in [5.74, 6) is 0. The molecule has 3 heteroatoms. The minimum Gasteiger partial charge on any atom is -0.245 e. The zero-order chi connectivity index (χ0) is 4.24. The molecule has 2 nitrogen and oxygen atoms in total. The summed E-state index contributed by atoms with van der Waals surface area (Å²) in [7, 11) is 0. The van der Waals surface area contributed by atoms with E-state index in [1.165, 1.54) is 6.33 Å². The summed E-state index contributed by atoms with van der Waals surface area (Å²) in [4.78, 5) is 7.35. The van der Waals surface area contributed by atoms with Crippen LogP contribution in [0.25, 0.3) is 0 Å². The standard InChI is InChI=1S/C4H4N2.U/c1-2-5-4-6-3-1;/h1-4H;. The molecule has 0 aliphatic carbocycles. The first kappa shape index (κ1) is 7.13. The molecule has 1 aromatic rings. The molecule has 0 amide bonds. The first-order valence-corrected chi connectivity index (χ1v) is 1.70. The second kappa shape index (κ2) is 4.30. The van der Waals surface area contributed by atoms with E-state index in [-0.39, 0.29) is 31.1 Å². The van der Waals surface area contributed by atoms with Crippen molar-refractivity contribution in [3.63, 3.8) is 0 Å². The molecule has 0 unspecified atom stereocenters. The fourth-order valence-electron chi connectivity index (χ4n) is 0.253. The molecule has 0 spiro atoms. The smallest absolute Gasteiger partial charge is 0.115 e. The van der Waals surface area contributed by atoms with Crippen LogP contribution in [0.1, 0.15) is 0 Å². The zero-order valence-electron chi connectivity index (χ0n) is 3.70. The van der Waals surface area contributed by atoms with Gasteiger partial charge >= 0.3 is 0 Å². The number of nitrogens with zero attached hydrogens (tertiary/aromatic N) is 2. The van der Waals surface area contributed by atoms with E-state index in [0.717, 1.165) is 0 Å². The van der Waals surface area contributed by atoms with Crippen LogP contribution in [-0.4, -0.2) is 9.97 Å².